The van der Waals surface area contributed by atoms with Gasteiger partial charge in [-0.3, -0.25) is 0 Å². The molecule has 0 aromatic carbocycles. The second-order valence-electron chi connectivity index (χ2n) is 25.1. The molecule has 0 radical (unpaired) electrons. The van der Waals surface area contributed by atoms with Gasteiger partial charge in [-0.2, -0.15) is 0 Å². The Morgan fingerprint density at radius 2 is 0.440 bits per heavy atom. The molecule has 496 valence electrons. The van der Waals surface area contributed by atoms with Gasteiger partial charge in [-0.05, 0) is 163 Å². The van der Waals surface area contributed by atoms with Gasteiger partial charge in [0.1, 0.15) is 23.1 Å². The van der Waals surface area contributed by atoms with E-state index in [1.54, 1.807) is 27.7 Å². The summed E-state index contributed by atoms with van der Waals surface area (Å²) in [6.07, 6.45) is 83.1. The van der Waals surface area contributed by atoms with E-state index < -0.39 is 0 Å². The fourth-order valence-electron chi connectivity index (χ4n) is 10.5. The van der Waals surface area contributed by atoms with Crippen molar-refractivity contribution in [2.24, 2.45) is 0 Å². The third kappa shape index (κ3) is 86.2. The molecule has 0 amide bonds. The van der Waals surface area contributed by atoms with E-state index in [9.17, 15) is 19.2 Å². The van der Waals surface area contributed by atoms with Crippen LogP contribution < -0.4 is 0 Å². The molecular formula is C76H144O8. The molecule has 3 N–H and O–H groups in total. The van der Waals surface area contributed by atoms with E-state index in [2.05, 4.69) is 43.4 Å². The summed E-state index contributed by atoms with van der Waals surface area (Å²) in [5.41, 5.74) is 0. The van der Waals surface area contributed by atoms with E-state index in [0.29, 0.717) is 55.2 Å². The van der Waals surface area contributed by atoms with Gasteiger partial charge in [0.25, 0.3) is 0 Å². The fourth-order valence-corrected chi connectivity index (χ4v) is 10.5. The van der Waals surface area contributed by atoms with Gasteiger partial charge in [-0.1, -0.05) is 242 Å². The van der Waals surface area contributed by atoms with Gasteiger partial charge >= 0.3 is 0 Å². The number of epoxide rings is 1. The predicted molar refractivity (Wildman–Crippen MR) is 364 cm³/mol. The highest BCUT2D eigenvalue weighted by Crippen LogP contribution is 2.32. The first-order chi connectivity index (χ1) is 41.0. The molecule has 0 saturated carbocycles. The standard InChI is InChI=1S/C19H36O3.2C19H36O2.C19H36O/c1-17(21)13-9-5-4-7-11-15-19-18(22-19)14-10-6-2-3-8-12-16-20;2*1-19(21)17-15-13-11-9-7-5-3-2-4-6-8-10-12-14-16-18-20;1-3-4-5-6-7-8-9-10-11-12-13-14-15-16-17-18-19(2)20/h18-20H,2-16H2,1H3;2*2-3,20H,4-18H2,1H3;10-11H,3-9,12-18H2,1-2H3/b;3-2+;3-2-;11-10-. The molecule has 2 unspecified atom stereocenters. The molecule has 1 fully saturated rings. The highest BCUT2D eigenvalue weighted by Gasteiger charge is 2.36. The number of rotatable bonds is 63. The number of allylic oxidation sites excluding steroid dienone is 6. The van der Waals surface area contributed by atoms with E-state index in [0.717, 1.165) is 70.6 Å². The van der Waals surface area contributed by atoms with Crippen LogP contribution in [0.5, 0.6) is 0 Å². The van der Waals surface area contributed by atoms with Crippen molar-refractivity contribution in [1.29, 1.82) is 0 Å². The summed E-state index contributed by atoms with van der Waals surface area (Å²) in [4.78, 5) is 43.1. The average Bonchev–Trinajstić information content (AvgIpc) is 4.39. The second kappa shape index (κ2) is 76.8. The summed E-state index contributed by atoms with van der Waals surface area (Å²) in [6, 6.07) is 0. The molecule has 1 heterocycles. The second-order valence-corrected chi connectivity index (χ2v) is 25.1. The first-order valence-corrected chi connectivity index (χ1v) is 36.5. The molecule has 1 rings (SSSR count). The van der Waals surface area contributed by atoms with E-state index in [-0.39, 0.29) is 0 Å². The number of Topliss-reactive ketones (excluding diaryl/α,β-unsaturated/α-hetero) is 4. The Morgan fingerprint density at radius 1 is 0.262 bits per heavy atom. The minimum absolute atomic E-state index is 0.322. The average molecular weight is 1190 g/mol. The summed E-state index contributed by atoms with van der Waals surface area (Å²) in [7, 11) is 0. The van der Waals surface area contributed by atoms with Gasteiger partial charge in [0.2, 0.25) is 0 Å². The van der Waals surface area contributed by atoms with Crippen molar-refractivity contribution in [2.75, 3.05) is 19.8 Å². The van der Waals surface area contributed by atoms with Crippen LogP contribution in [-0.2, 0) is 23.9 Å². The SMILES string of the molecule is CC(=O)CCCCCCC/C=C/CCCCCCCCO.CC(=O)CCCCCCC/C=C\CCCCCCCCO.CC(=O)CCCCCCCC1OC1CCCCCCCCO.CCCCCCCC/C=C\CCCCCCCC(C)=O. The highest BCUT2D eigenvalue weighted by atomic mass is 16.6. The largest absolute Gasteiger partial charge is 0.396 e. The molecule has 8 nitrogen and oxygen atoms in total. The fraction of sp³-hybridized carbons (Fsp3) is 0.868. The Balaban J connectivity index is -0.00000104. The van der Waals surface area contributed by atoms with Crippen LogP contribution in [0.1, 0.15) is 394 Å². The summed E-state index contributed by atoms with van der Waals surface area (Å²) in [6.45, 7) is 10.0. The minimum atomic E-state index is 0.322. The Kier molecular flexibility index (Phi) is 78.6. The lowest BCUT2D eigenvalue weighted by Crippen LogP contribution is -1.95. The topological polar surface area (TPSA) is 142 Å². The smallest absolute Gasteiger partial charge is 0.129 e. The Morgan fingerprint density at radius 3 is 0.643 bits per heavy atom. The van der Waals surface area contributed by atoms with Crippen LogP contribution in [0.3, 0.4) is 0 Å². The lowest BCUT2D eigenvalue weighted by Gasteiger charge is -2.00. The Bertz CT molecular complexity index is 1370. The molecule has 0 bridgehead atoms. The molecule has 8 heteroatoms. The molecule has 1 aliphatic heterocycles. The Hall–Kier alpha value is -2.26. The van der Waals surface area contributed by atoms with Crippen LogP contribution in [0, 0.1) is 0 Å². The first-order valence-electron chi connectivity index (χ1n) is 36.5. The number of unbranched alkanes of at least 4 members (excludes halogenated alkanes) is 42. The van der Waals surface area contributed by atoms with Crippen LogP contribution in [0.15, 0.2) is 36.5 Å². The lowest BCUT2D eigenvalue weighted by molar-refractivity contribution is -0.117. The third-order valence-corrected chi connectivity index (χ3v) is 16.1. The van der Waals surface area contributed by atoms with Crippen molar-refractivity contribution in [2.45, 2.75) is 406 Å². The van der Waals surface area contributed by atoms with Gasteiger partial charge in [0.05, 0.1) is 12.2 Å². The highest BCUT2D eigenvalue weighted by molar-refractivity contribution is 5.76. The van der Waals surface area contributed by atoms with Gasteiger partial charge < -0.3 is 39.2 Å². The summed E-state index contributed by atoms with van der Waals surface area (Å²) >= 11 is 0. The summed E-state index contributed by atoms with van der Waals surface area (Å²) < 4.78 is 5.74. The molecule has 84 heavy (non-hydrogen) atoms. The number of aliphatic hydroxyl groups is 3. The molecule has 0 aromatic heterocycles. The first kappa shape index (κ1) is 85.9. The zero-order valence-corrected chi connectivity index (χ0v) is 56.7. The molecule has 0 aromatic rings. The number of ketones is 4. The van der Waals surface area contributed by atoms with E-state index >= 15 is 0 Å². The normalized spacial score (nSPS) is 13.7. The minimum Gasteiger partial charge on any atom is -0.396 e. The molecule has 1 saturated heterocycles. The summed E-state index contributed by atoms with van der Waals surface area (Å²) in [5.74, 6) is 1.31. The van der Waals surface area contributed by atoms with Crippen molar-refractivity contribution in [3.63, 3.8) is 0 Å². The number of ether oxygens (including phenoxy) is 1. The van der Waals surface area contributed by atoms with Crippen LogP contribution in [0.4, 0.5) is 0 Å². The maximum atomic E-state index is 10.8. The predicted octanol–water partition coefficient (Wildman–Crippen LogP) is 22.6. The monoisotopic (exact) mass is 1190 g/mol. The van der Waals surface area contributed by atoms with Crippen molar-refractivity contribution in [3.8, 4) is 0 Å². The molecule has 2 atom stereocenters. The van der Waals surface area contributed by atoms with Crippen LogP contribution >= 0.6 is 0 Å². The zero-order valence-electron chi connectivity index (χ0n) is 56.7. The number of aliphatic hydroxyl groups excluding tert-OH is 3. The molecular weight excluding hydrogens is 1040 g/mol. The van der Waals surface area contributed by atoms with Crippen molar-refractivity contribution in [3.05, 3.63) is 36.5 Å². The lowest BCUT2D eigenvalue weighted by atomic mass is 10.0. The third-order valence-electron chi connectivity index (χ3n) is 16.1. The van der Waals surface area contributed by atoms with Gasteiger partial charge in [0, 0.05) is 45.5 Å². The Labute approximate surface area is 522 Å². The zero-order chi connectivity index (χ0) is 62.1. The van der Waals surface area contributed by atoms with Gasteiger partial charge in [0.15, 0.2) is 0 Å². The van der Waals surface area contributed by atoms with Crippen LogP contribution in [-0.4, -0.2) is 70.5 Å². The van der Waals surface area contributed by atoms with Crippen LogP contribution in [0.2, 0.25) is 0 Å². The summed E-state index contributed by atoms with van der Waals surface area (Å²) in [5, 5.41) is 26.0. The number of carbonyl (C=O) groups is 4. The number of carbonyl (C=O) groups excluding carboxylic acids is 4. The molecule has 0 aliphatic carbocycles. The van der Waals surface area contributed by atoms with Gasteiger partial charge in [-0.15, -0.1) is 0 Å². The maximum absolute atomic E-state index is 10.8. The van der Waals surface area contributed by atoms with Crippen molar-refractivity contribution >= 4 is 23.1 Å². The maximum Gasteiger partial charge on any atom is 0.129 e. The quantitative estimate of drug-likeness (QED) is 0.0311. The van der Waals surface area contributed by atoms with E-state index in [1.807, 2.05) is 0 Å². The van der Waals surface area contributed by atoms with E-state index in [1.165, 1.54) is 289 Å². The van der Waals surface area contributed by atoms with Crippen molar-refractivity contribution < 1.29 is 39.2 Å². The molecule has 0 spiro atoms. The number of hydrogen-bond donors (Lipinski definition) is 3. The van der Waals surface area contributed by atoms with Crippen molar-refractivity contribution in [1.82, 2.24) is 0 Å². The van der Waals surface area contributed by atoms with E-state index in [4.69, 9.17) is 20.1 Å². The van der Waals surface area contributed by atoms with Gasteiger partial charge in [-0.25, -0.2) is 0 Å². The van der Waals surface area contributed by atoms with Crippen LogP contribution in [0.25, 0.3) is 0 Å². The molecule has 1 aliphatic rings. The number of hydrogen-bond acceptors (Lipinski definition) is 8.